The van der Waals surface area contributed by atoms with E-state index in [-0.39, 0.29) is 17.8 Å². The molecular formula is C20H24FNO2. The SMILES string of the molecule is Cc1ccc(OCC(C)NC(=O)CCc2ccc(F)cc2)cc1C. The monoisotopic (exact) mass is 329 g/mol. The molecule has 2 aromatic rings. The molecule has 0 bridgehead atoms. The number of hydrogen-bond acceptors (Lipinski definition) is 2. The van der Waals surface area contributed by atoms with Gasteiger partial charge in [0.05, 0.1) is 6.04 Å². The van der Waals surface area contributed by atoms with Crippen molar-refractivity contribution in [3.63, 3.8) is 0 Å². The lowest BCUT2D eigenvalue weighted by Crippen LogP contribution is -2.36. The van der Waals surface area contributed by atoms with E-state index in [1.54, 1.807) is 12.1 Å². The summed E-state index contributed by atoms with van der Waals surface area (Å²) in [4.78, 5) is 12.0. The Morgan fingerprint density at radius 3 is 2.50 bits per heavy atom. The second kappa shape index (κ2) is 8.48. The number of nitrogens with one attached hydrogen (secondary N) is 1. The van der Waals surface area contributed by atoms with Crippen molar-refractivity contribution >= 4 is 5.91 Å². The summed E-state index contributed by atoms with van der Waals surface area (Å²) < 4.78 is 18.6. The van der Waals surface area contributed by atoms with Crippen molar-refractivity contribution in [2.75, 3.05) is 6.61 Å². The summed E-state index contributed by atoms with van der Waals surface area (Å²) in [5.74, 6) is 0.515. The van der Waals surface area contributed by atoms with E-state index in [2.05, 4.69) is 12.2 Å². The highest BCUT2D eigenvalue weighted by molar-refractivity contribution is 5.76. The smallest absolute Gasteiger partial charge is 0.220 e. The van der Waals surface area contributed by atoms with E-state index >= 15 is 0 Å². The van der Waals surface area contributed by atoms with Gasteiger partial charge < -0.3 is 10.1 Å². The van der Waals surface area contributed by atoms with E-state index in [1.165, 1.54) is 23.3 Å². The molecule has 0 spiro atoms. The summed E-state index contributed by atoms with van der Waals surface area (Å²) in [5, 5.41) is 2.92. The lowest BCUT2D eigenvalue weighted by atomic mass is 10.1. The maximum Gasteiger partial charge on any atom is 0.220 e. The first-order valence-corrected chi connectivity index (χ1v) is 8.18. The number of aryl methyl sites for hydroxylation is 3. The highest BCUT2D eigenvalue weighted by Gasteiger charge is 2.09. The average Bonchev–Trinajstić information content (AvgIpc) is 2.55. The third-order valence-corrected chi connectivity index (χ3v) is 3.94. The molecule has 0 aromatic heterocycles. The standard InChI is InChI=1S/C20H24FNO2/c1-14-4-10-19(12-15(14)2)24-13-16(3)22-20(23)11-7-17-5-8-18(21)9-6-17/h4-6,8-10,12,16H,7,11,13H2,1-3H3,(H,22,23). The minimum atomic E-state index is -0.264. The van der Waals surface area contributed by atoms with Gasteiger partial charge in [-0.25, -0.2) is 4.39 Å². The molecule has 24 heavy (non-hydrogen) atoms. The Hall–Kier alpha value is -2.36. The molecule has 0 aliphatic heterocycles. The highest BCUT2D eigenvalue weighted by atomic mass is 19.1. The Labute approximate surface area is 142 Å². The number of ether oxygens (including phenoxy) is 1. The molecule has 3 nitrogen and oxygen atoms in total. The summed E-state index contributed by atoms with van der Waals surface area (Å²) in [6.45, 7) is 6.44. The van der Waals surface area contributed by atoms with Crippen molar-refractivity contribution in [1.29, 1.82) is 0 Å². The molecule has 0 heterocycles. The summed E-state index contributed by atoms with van der Waals surface area (Å²) in [6.07, 6.45) is 0.969. The van der Waals surface area contributed by atoms with Gasteiger partial charge in [-0.2, -0.15) is 0 Å². The van der Waals surface area contributed by atoms with Gasteiger partial charge in [0, 0.05) is 6.42 Å². The second-order valence-corrected chi connectivity index (χ2v) is 6.15. The molecule has 0 fully saturated rings. The fraction of sp³-hybridized carbons (Fsp3) is 0.350. The van der Waals surface area contributed by atoms with Crippen molar-refractivity contribution in [3.8, 4) is 5.75 Å². The summed E-state index contributed by atoms with van der Waals surface area (Å²) in [5.41, 5.74) is 3.36. The molecule has 0 aliphatic carbocycles. The summed E-state index contributed by atoms with van der Waals surface area (Å²) in [6, 6.07) is 12.1. The molecule has 1 atom stereocenters. The molecule has 2 rings (SSSR count). The molecule has 4 heteroatoms. The van der Waals surface area contributed by atoms with Crippen LogP contribution in [-0.4, -0.2) is 18.6 Å². The quantitative estimate of drug-likeness (QED) is 0.835. The van der Waals surface area contributed by atoms with Crippen LogP contribution in [0.1, 0.15) is 30.0 Å². The normalized spacial score (nSPS) is 11.8. The average molecular weight is 329 g/mol. The minimum Gasteiger partial charge on any atom is -0.491 e. The predicted molar refractivity (Wildman–Crippen MR) is 93.7 cm³/mol. The zero-order valence-electron chi connectivity index (χ0n) is 14.4. The molecule has 0 aliphatic rings. The first-order valence-electron chi connectivity index (χ1n) is 8.18. The van der Waals surface area contributed by atoms with Crippen LogP contribution < -0.4 is 10.1 Å². The van der Waals surface area contributed by atoms with Gasteiger partial charge in [-0.1, -0.05) is 18.2 Å². The zero-order valence-corrected chi connectivity index (χ0v) is 14.4. The van der Waals surface area contributed by atoms with Crippen molar-refractivity contribution in [1.82, 2.24) is 5.32 Å². The number of benzene rings is 2. The molecule has 0 saturated heterocycles. The van der Waals surface area contributed by atoms with Crippen LogP contribution in [-0.2, 0) is 11.2 Å². The van der Waals surface area contributed by atoms with Crippen molar-refractivity contribution in [3.05, 3.63) is 65.0 Å². The number of rotatable bonds is 7. The predicted octanol–water partition coefficient (Wildman–Crippen LogP) is 3.96. The van der Waals surface area contributed by atoms with E-state index in [1.807, 2.05) is 32.0 Å². The van der Waals surface area contributed by atoms with Gasteiger partial charge in [0.25, 0.3) is 0 Å². The maximum absolute atomic E-state index is 12.8. The van der Waals surface area contributed by atoms with Crippen LogP contribution in [0.4, 0.5) is 4.39 Å². The summed E-state index contributed by atoms with van der Waals surface area (Å²) >= 11 is 0. The Bertz CT molecular complexity index is 683. The molecular weight excluding hydrogens is 305 g/mol. The lowest BCUT2D eigenvalue weighted by Gasteiger charge is -2.15. The molecule has 1 N–H and O–H groups in total. The van der Waals surface area contributed by atoms with Gasteiger partial charge in [-0.3, -0.25) is 4.79 Å². The topological polar surface area (TPSA) is 38.3 Å². The molecule has 0 saturated carbocycles. The van der Waals surface area contributed by atoms with Gasteiger partial charge in [0.2, 0.25) is 5.91 Å². The number of amides is 1. The molecule has 2 aromatic carbocycles. The van der Waals surface area contributed by atoms with Gasteiger partial charge in [0.1, 0.15) is 18.2 Å². The van der Waals surface area contributed by atoms with E-state index in [0.29, 0.717) is 19.4 Å². The number of carbonyl (C=O) groups is 1. The van der Waals surface area contributed by atoms with Crippen LogP contribution in [0.15, 0.2) is 42.5 Å². The molecule has 0 radical (unpaired) electrons. The largest absolute Gasteiger partial charge is 0.491 e. The Morgan fingerprint density at radius 2 is 1.83 bits per heavy atom. The first-order chi connectivity index (χ1) is 11.4. The Morgan fingerprint density at radius 1 is 1.12 bits per heavy atom. The van der Waals surface area contributed by atoms with Crippen LogP contribution in [0.2, 0.25) is 0 Å². The fourth-order valence-electron chi connectivity index (χ4n) is 2.32. The van der Waals surface area contributed by atoms with Crippen molar-refractivity contribution < 1.29 is 13.9 Å². The third kappa shape index (κ3) is 5.69. The number of halogens is 1. The van der Waals surface area contributed by atoms with Crippen LogP contribution >= 0.6 is 0 Å². The Balaban J connectivity index is 1.72. The first kappa shape index (κ1) is 18.0. The minimum absolute atomic E-state index is 0.0319. The van der Waals surface area contributed by atoms with E-state index < -0.39 is 0 Å². The lowest BCUT2D eigenvalue weighted by molar-refractivity contribution is -0.121. The van der Waals surface area contributed by atoms with Crippen LogP contribution in [0, 0.1) is 19.7 Å². The molecule has 128 valence electrons. The van der Waals surface area contributed by atoms with E-state index in [4.69, 9.17) is 4.74 Å². The van der Waals surface area contributed by atoms with E-state index in [9.17, 15) is 9.18 Å². The highest BCUT2D eigenvalue weighted by Crippen LogP contribution is 2.16. The van der Waals surface area contributed by atoms with Crippen molar-refractivity contribution in [2.24, 2.45) is 0 Å². The third-order valence-electron chi connectivity index (χ3n) is 3.94. The second-order valence-electron chi connectivity index (χ2n) is 6.15. The van der Waals surface area contributed by atoms with Gasteiger partial charge in [-0.15, -0.1) is 0 Å². The van der Waals surface area contributed by atoms with Crippen molar-refractivity contribution in [2.45, 2.75) is 39.7 Å². The van der Waals surface area contributed by atoms with Crippen LogP contribution in [0.3, 0.4) is 0 Å². The van der Waals surface area contributed by atoms with Gasteiger partial charge in [-0.05, 0) is 68.1 Å². The van der Waals surface area contributed by atoms with Crippen LogP contribution in [0.25, 0.3) is 0 Å². The number of carbonyl (C=O) groups excluding carboxylic acids is 1. The molecule has 1 amide bonds. The fourth-order valence-corrected chi connectivity index (χ4v) is 2.32. The maximum atomic E-state index is 12.8. The van der Waals surface area contributed by atoms with Gasteiger partial charge in [0.15, 0.2) is 0 Å². The van der Waals surface area contributed by atoms with Crippen LogP contribution in [0.5, 0.6) is 5.75 Å². The van der Waals surface area contributed by atoms with Gasteiger partial charge >= 0.3 is 0 Å². The summed E-state index contributed by atoms with van der Waals surface area (Å²) in [7, 11) is 0. The molecule has 1 unspecified atom stereocenters. The van der Waals surface area contributed by atoms with E-state index in [0.717, 1.165) is 11.3 Å². The zero-order chi connectivity index (χ0) is 17.5. The Kier molecular flexibility index (Phi) is 6.36. The number of hydrogen-bond donors (Lipinski definition) is 1.